The van der Waals surface area contributed by atoms with E-state index in [-0.39, 0.29) is 5.66 Å². The van der Waals surface area contributed by atoms with E-state index in [4.69, 9.17) is 23.8 Å². The monoisotopic (exact) mass is 300 g/mol. The zero-order valence-corrected chi connectivity index (χ0v) is 12.3. The minimum atomic E-state index is -0.321. The van der Waals surface area contributed by atoms with Gasteiger partial charge in [-0.05, 0) is 17.7 Å². The van der Waals surface area contributed by atoms with Crippen LogP contribution in [0.3, 0.4) is 0 Å². The number of rotatable bonds is 1. The van der Waals surface area contributed by atoms with Gasteiger partial charge in [0.25, 0.3) is 0 Å². The van der Waals surface area contributed by atoms with E-state index in [0.29, 0.717) is 0 Å². The first-order valence-corrected chi connectivity index (χ1v) is 7.45. The molecule has 0 amide bonds. The van der Waals surface area contributed by atoms with Crippen molar-refractivity contribution < 1.29 is 0 Å². The molecule has 2 aliphatic rings. The van der Waals surface area contributed by atoms with Gasteiger partial charge < -0.3 is 4.90 Å². The third-order valence-electron chi connectivity index (χ3n) is 4.18. The Kier molecular flexibility index (Phi) is 2.64. The fourth-order valence-electron chi connectivity index (χ4n) is 3.34. The first-order chi connectivity index (χ1) is 9.73. The number of hydrogen-bond acceptors (Lipinski definition) is 2. The molecule has 2 aliphatic heterocycles. The van der Waals surface area contributed by atoms with Crippen LogP contribution in [0, 0.1) is 0 Å². The molecule has 100 valence electrons. The number of halogens is 1. The van der Waals surface area contributed by atoms with Gasteiger partial charge in [-0.25, -0.2) is 0 Å². The molecule has 2 aromatic rings. The summed E-state index contributed by atoms with van der Waals surface area (Å²) >= 11 is 11.7. The van der Waals surface area contributed by atoms with E-state index in [1.807, 2.05) is 18.2 Å². The molecule has 20 heavy (non-hydrogen) atoms. The summed E-state index contributed by atoms with van der Waals surface area (Å²) in [7, 11) is 0. The average Bonchev–Trinajstić information content (AvgIpc) is 3.01. The molecular weight excluding hydrogens is 288 g/mol. The minimum absolute atomic E-state index is 0.321. The van der Waals surface area contributed by atoms with E-state index in [1.165, 1.54) is 11.1 Å². The van der Waals surface area contributed by atoms with Crippen LogP contribution < -0.4 is 5.32 Å². The third kappa shape index (κ3) is 1.46. The molecular formula is C16H13ClN2S. The van der Waals surface area contributed by atoms with Gasteiger partial charge in [0, 0.05) is 29.2 Å². The Hall–Kier alpha value is -1.42. The Morgan fingerprint density at radius 3 is 2.65 bits per heavy atom. The van der Waals surface area contributed by atoms with Crippen LogP contribution in [0.2, 0.25) is 5.02 Å². The molecule has 0 bridgehead atoms. The summed E-state index contributed by atoms with van der Waals surface area (Å²) in [4.78, 5) is 3.22. The summed E-state index contributed by atoms with van der Waals surface area (Å²) in [5.41, 5.74) is 3.26. The highest BCUT2D eigenvalue weighted by molar-refractivity contribution is 7.80. The van der Waals surface area contributed by atoms with Crippen LogP contribution in [0.15, 0.2) is 48.5 Å². The molecule has 0 radical (unpaired) electrons. The van der Waals surface area contributed by atoms with E-state index in [0.717, 1.165) is 28.7 Å². The van der Waals surface area contributed by atoms with Crippen molar-refractivity contribution in [2.24, 2.45) is 0 Å². The predicted molar refractivity (Wildman–Crippen MR) is 85.1 cm³/mol. The van der Waals surface area contributed by atoms with Gasteiger partial charge >= 0.3 is 0 Å². The van der Waals surface area contributed by atoms with Crippen LogP contribution in [0.5, 0.6) is 0 Å². The summed E-state index contributed by atoms with van der Waals surface area (Å²) in [6.07, 6.45) is 0. The van der Waals surface area contributed by atoms with Gasteiger partial charge in [-0.2, -0.15) is 0 Å². The Morgan fingerprint density at radius 2 is 1.85 bits per heavy atom. The molecule has 1 fully saturated rings. The SMILES string of the molecule is S=C1c2ccccc2C2(c3ccc(Cl)cc3)NCCN12. The second-order valence-corrected chi connectivity index (χ2v) is 5.97. The van der Waals surface area contributed by atoms with Gasteiger partial charge in [-0.1, -0.05) is 60.2 Å². The summed E-state index contributed by atoms with van der Waals surface area (Å²) < 4.78 is 0. The van der Waals surface area contributed by atoms with Gasteiger partial charge in [0.05, 0.1) is 0 Å². The van der Waals surface area contributed by atoms with Crippen molar-refractivity contribution in [2.45, 2.75) is 5.66 Å². The Balaban J connectivity index is 1.99. The van der Waals surface area contributed by atoms with Crippen LogP contribution in [0.4, 0.5) is 0 Å². The summed E-state index contributed by atoms with van der Waals surface area (Å²) in [6.45, 7) is 1.85. The summed E-state index contributed by atoms with van der Waals surface area (Å²) in [5, 5.41) is 4.40. The van der Waals surface area contributed by atoms with Crippen LogP contribution >= 0.6 is 23.8 Å². The van der Waals surface area contributed by atoms with E-state index >= 15 is 0 Å². The largest absolute Gasteiger partial charge is 0.335 e. The lowest BCUT2D eigenvalue weighted by molar-refractivity contribution is 0.281. The second kappa shape index (κ2) is 4.29. The molecule has 2 aromatic carbocycles. The first kappa shape index (κ1) is 12.3. The normalized spacial score (nSPS) is 23.9. The van der Waals surface area contributed by atoms with Crippen LogP contribution in [-0.2, 0) is 5.66 Å². The standard InChI is InChI=1S/C16H13ClN2S/c17-12-7-5-11(6-8-12)16-14-4-2-1-3-13(14)15(20)19(16)10-9-18-16/h1-8,18H,9-10H2. The van der Waals surface area contributed by atoms with Crippen molar-refractivity contribution in [3.63, 3.8) is 0 Å². The maximum absolute atomic E-state index is 6.03. The molecule has 2 heterocycles. The number of nitrogens with zero attached hydrogens (tertiary/aromatic N) is 1. The highest BCUT2D eigenvalue weighted by atomic mass is 35.5. The lowest BCUT2D eigenvalue weighted by atomic mass is 9.91. The molecule has 0 spiro atoms. The average molecular weight is 301 g/mol. The van der Waals surface area contributed by atoms with E-state index < -0.39 is 0 Å². The highest BCUT2D eigenvalue weighted by Crippen LogP contribution is 2.44. The highest BCUT2D eigenvalue weighted by Gasteiger charge is 2.51. The fourth-order valence-corrected chi connectivity index (χ4v) is 3.87. The van der Waals surface area contributed by atoms with Crippen LogP contribution in [-0.4, -0.2) is 23.0 Å². The zero-order chi connectivity index (χ0) is 13.7. The number of nitrogens with one attached hydrogen (secondary N) is 1. The van der Waals surface area contributed by atoms with E-state index in [1.54, 1.807) is 0 Å². The smallest absolute Gasteiger partial charge is 0.145 e. The van der Waals surface area contributed by atoms with Crippen LogP contribution in [0.25, 0.3) is 0 Å². The minimum Gasteiger partial charge on any atom is -0.335 e. The molecule has 4 heteroatoms. The van der Waals surface area contributed by atoms with Crippen LogP contribution in [0.1, 0.15) is 16.7 Å². The summed E-state index contributed by atoms with van der Waals surface area (Å²) in [5.74, 6) is 0. The van der Waals surface area contributed by atoms with Crippen molar-refractivity contribution >= 4 is 28.8 Å². The quantitative estimate of drug-likeness (QED) is 0.815. The number of thiocarbonyl (C=S) groups is 1. The van der Waals surface area contributed by atoms with Gasteiger partial charge in [0.2, 0.25) is 0 Å². The van der Waals surface area contributed by atoms with Gasteiger partial charge in [0.15, 0.2) is 0 Å². The molecule has 0 aromatic heterocycles. The van der Waals surface area contributed by atoms with Crippen molar-refractivity contribution in [2.75, 3.05) is 13.1 Å². The Bertz CT molecular complexity index is 698. The van der Waals surface area contributed by atoms with Crippen molar-refractivity contribution in [1.29, 1.82) is 0 Å². The molecule has 2 nitrogen and oxygen atoms in total. The lowest BCUT2D eigenvalue weighted by Crippen LogP contribution is -2.46. The topological polar surface area (TPSA) is 15.3 Å². The second-order valence-electron chi connectivity index (χ2n) is 5.15. The zero-order valence-electron chi connectivity index (χ0n) is 10.8. The number of fused-ring (bicyclic) bond motifs is 3. The molecule has 0 saturated carbocycles. The van der Waals surface area contributed by atoms with E-state index in [2.05, 4.69) is 40.5 Å². The third-order valence-corrected chi connectivity index (χ3v) is 4.87. The Labute approximate surface area is 128 Å². The first-order valence-electron chi connectivity index (χ1n) is 6.66. The number of hydrogen-bond donors (Lipinski definition) is 1. The van der Waals surface area contributed by atoms with Crippen molar-refractivity contribution in [3.8, 4) is 0 Å². The molecule has 1 N–H and O–H groups in total. The predicted octanol–water partition coefficient (Wildman–Crippen LogP) is 3.14. The Morgan fingerprint density at radius 1 is 1.10 bits per heavy atom. The molecule has 1 atom stereocenters. The molecule has 0 aliphatic carbocycles. The van der Waals surface area contributed by atoms with Gasteiger partial charge in [-0.3, -0.25) is 5.32 Å². The van der Waals surface area contributed by atoms with E-state index in [9.17, 15) is 0 Å². The fraction of sp³-hybridized carbons (Fsp3) is 0.188. The maximum atomic E-state index is 6.03. The van der Waals surface area contributed by atoms with Crippen molar-refractivity contribution in [1.82, 2.24) is 10.2 Å². The molecule has 1 unspecified atom stereocenters. The van der Waals surface area contributed by atoms with Gasteiger partial charge in [-0.15, -0.1) is 0 Å². The van der Waals surface area contributed by atoms with Gasteiger partial charge in [0.1, 0.15) is 10.7 Å². The molecule has 1 saturated heterocycles. The summed E-state index contributed by atoms with van der Waals surface area (Å²) in [6, 6.07) is 16.4. The number of benzene rings is 2. The maximum Gasteiger partial charge on any atom is 0.145 e. The molecule has 4 rings (SSSR count). The lowest BCUT2D eigenvalue weighted by Gasteiger charge is -2.34. The van der Waals surface area contributed by atoms with Crippen molar-refractivity contribution in [3.05, 3.63) is 70.2 Å².